The van der Waals surface area contributed by atoms with E-state index in [1.165, 1.54) is 18.0 Å². The van der Waals surface area contributed by atoms with Gasteiger partial charge in [-0.05, 0) is 67.5 Å². The van der Waals surface area contributed by atoms with Gasteiger partial charge in [0, 0.05) is 24.8 Å². The highest BCUT2D eigenvalue weighted by Gasteiger charge is 2.20. The van der Waals surface area contributed by atoms with Gasteiger partial charge < -0.3 is 4.90 Å². The molecule has 128 valence electrons. The zero-order valence-electron chi connectivity index (χ0n) is 14.1. The Morgan fingerprint density at radius 1 is 1.16 bits per heavy atom. The SMILES string of the molecule is Cc1ccc(C(=O)N2CCCCC2)cc1-n1sc2ncccc2c1=O. The Hall–Kier alpha value is -2.47. The smallest absolute Gasteiger partial charge is 0.274 e. The monoisotopic (exact) mass is 353 g/mol. The Morgan fingerprint density at radius 2 is 1.96 bits per heavy atom. The first kappa shape index (κ1) is 16.0. The van der Waals surface area contributed by atoms with Gasteiger partial charge in [-0.15, -0.1) is 0 Å². The molecule has 0 N–H and O–H groups in total. The third kappa shape index (κ3) is 2.87. The fourth-order valence-electron chi connectivity index (χ4n) is 3.26. The van der Waals surface area contributed by atoms with Crippen molar-refractivity contribution in [3.05, 3.63) is 58.0 Å². The number of benzene rings is 1. The number of piperidine rings is 1. The maximum atomic E-state index is 12.8. The van der Waals surface area contributed by atoms with Crippen molar-refractivity contribution in [2.45, 2.75) is 26.2 Å². The molecule has 0 unspecified atom stereocenters. The molecule has 1 aliphatic heterocycles. The predicted octanol–water partition coefficient (Wildman–Crippen LogP) is 3.38. The molecule has 1 aliphatic rings. The predicted molar refractivity (Wildman–Crippen MR) is 99.7 cm³/mol. The summed E-state index contributed by atoms with van der Waals surface area (Å²) in [5.74, 6) is 0.0493. The molecule has 3 aromatic rings. The number of likely N-dealkylation sites (tertiary alicyclic amines) is 1. The minimum Gasteiger partial charge on any atom is -0.339 e. The Labute approximate surface area is 149 Å². The zero-order valence-corrected chi connectivity index (χ0v) is 14.9. The molecule has 1 amide bonds. The number of hydrogen-bond acceptors (Lipinski definition) is 4. The molecule has 5 nitrogen and oxygen atoms in total. The first-order chi connectivity index (χ1) is 12.1. The van der Waals surface area contributed by atoms with Crippen LogP contribution < -0.4 is 5.56 Å². The van der Waals surface area contributed by atoms with Crippen LogP contribution in [0.25, 0.3) is 15.9 Å². The standard InChI is InChI=1S/C19H19N3O2S/c1-13-7-8-14(18(23)21-10-3-2-4-11-21)12-16(13)22-19(24)15-6-5-9-20-17(15)25-22/h5-9,12H,2-4,10-11H2,1H3. The lowest BCUT2D eigenvalue weighted by molar-refractivity contribution is 0.0724. The van der Waals surface area contributed by atoms with Crippen molar-refractivity contribution in [1.82, 2.24) is 13.8 Å². The topological polar surface area (TPSA) is 55.2 Å². The summed E-state index contributed by atoms with van der Waals surface area (Å²) < 4.78 is 1.64. The summed E-state index contributed by atoms with van der Waals surface area (Å²) in [6, 6.07) is 9.16. The van der Waals surface area contributed by atoms with E-state index >= 15 is 0 Å². The Morgan fingerprint density at radius 3 is 2.72 bits per heavy atom. The Kier molecular flexibility index (Phi) is 4.13. The van der Waals surface area contributed by atoms with Gasteiger partial charge in [-0.25, -0.2) is 8.94 Å². The minimum absolute atomic E-state index is 0.0493. The van der Waals surface area contributed by atoms with Gasteiger partial charge in [0.1, 0.15) is 4.83 Å². The van der Waals surface area contributed by atoms with Gasteiger partial charge in [0.25, 0.3) is 11.5 Å². The number of carbonyl (C=O) groups excluding carboxylic acids is 1. The number of nitrogens with zero attached hydrogens (tertiary/aromatic N) is 3. The number of aryl methyl sites for hydroxylation is 1. The highest BCUT2D eigenvalue weighted by atomic mass is 32.1. The summed E-state index contributed by atoms with van der Waals surface area (Å²) in [6.45, 7) is 3.58. The summed E-state index contributed by atoms with van der Waals surface area (Å²) in [4.78, 5) is 32.4. The van der Waals surface area contributed by atoms with Crippen LogP contribution in [0.15, 0.2) is 41.3 Å². The Balaban J connectivity index is 1.78. The van der Waals surface area contributed by atoms with Crippen molar-refractivity contribution in [3.63, 3.8) is 0 Å². The van der Waals surface area contributed by atoms with Gasteiger partial charge in [0.15, 0.2) is 0 Å². The maximum Gasteiger partial charge on any atom is 0.274 e. The molecule has 1 fully saturated rings. The highest BCUT2D eigenvalue weighted by molar-refractivity contribution is 7.13. The average Bonchev–Trinajstić information content (AvgIpc) is 2.99. The molecule has 3 heterocycles. The molecule has 0 saturated carbocycles. The van der Waals surface area contributed by atoms with E-state index in [2.05, 4.69) is 4.98 Å². The van der Waals surface area contributed by atoms with Crippen LogP contribution in [0.2, 0.25) is 0 Å². The quantitative estimate of drug-likeness (QED) is 0.710. The first-order valence-electron chi connectivity index (χ1n) is 8.52. The van der Waals surface area contributed by atoms with E-state index in [9.17, 15) is 9.59 Å². The van der Waals surface area contributed by atoms with Crippen LogP contribution in [-0.2, 0) is 0 Å². The van der Waals surface area contributed by atoms with E-state index in [1.807, 2.05) is 30.0 Å². The normalized spacial score (nSPS) is 14.8. The summed E-state index contributed by atoms with van der Waals surface area (Å²) in [5.41, 5.74) is 2.28. The number of aromatic nitrogens is 2. The number of carbonyl (C=O) groups is 1. The number of rotatable bonds is 2. The lowest BCUT2D eigenvalue weighted by Crippen LogP contribution is -2.35. The number of hydrogen-bond donors (Lipinski definition) is 0. The molecule has 2 aromatic heterocycles. The van der Waals surface area contributed by atoms with Crippen LogP contribution >= 0.6 is 11.5 Å². The van der Waals surface area contributed by atoms with Crippen LogP contribution in [0, 0.1) is 6.92 Å². The number of amides is 1. The highest BCUT2D eigenvalue weighted by Crippen LogP contribution is 2.23. The molecule has 0 radical (unpaired) electrons. The van der Waals surface area contributed by atoms with Crippen LogP contribution in [0.5, 0.6) is 0 Å². The summed E-state index contributed by atoms with van der Waals surface area (Å²) >= 11 is 1.32. The van der Waals surface area contributed by atoms with E-state index < -0.39 is 0 Å². The molecule has 25 heavy (non-hydrogen) atoms. The fraction of sp³-hybridized carbons (Fsp3) is 0.316. The molecular weight excluding hydrogens is 334 g/mol. The van der Waals surface area contributed by atoms with Gasteiger partial charge in [-0.2, -0.15) is 0 Å². The van der Waals surface area contributed by atoms with Gasteiger partial charge in [0.05, 0.1) is 11.1 Å². The minimum atomic E-state index is -0.0845. The summed E-state index contributed by atoms with van der Waals surface area (Å²) in [5, 5.41) is 0.611. The van der Waals surface area contributed by atoms with Crippen molar-refractivity contribution in [2.75, 3.05) is 13.1 Å². The second-order valence-corrected chi connectivity index (χ2v) is 7.34. The molecule has 0 spiro atoms. The van der Waals surface area contributed by atoms with Crippen LogP contribution in [0.4, 0.5) is 0 Å². The largest absolute Gasteiger partial charge is 0.339 e. The van der Waals surface area contributed by atoms with Gasteiger partial charge in [-0.1, -0.05) is 6.07 Å². The maximum absolute atomic E-state index is 12.8. The molecule has 1 aromatic carbocycles. The molecule has 4 rings (SSSR count). The summed E-state index contributed by atoms with van der Waals surface area (Å²) in [6.07, 6.45) is 5.00. The number of fused-ring (bicyclic) bond motifs is 1. The third-order valence-electron chi connectivity index (χ3n) is 4.68. The second-order valence-electron chi connectivity index (χ2n) is 6.40. The molecule has 6 heteroatoms. The van der Waals surface area contributed by atoms with E-state index in [-0.39, 0.29) is 11.5 Å². The second kappa shape index (κ2) is 6.44. The number of pyridine rings is 1. The molecule has 0 bridgehead atoms. The van der Waals surface area contributed by atoms with Crippen molar-refractivity contribution >= 4 is 27.7 Å². The van der Waals surface area contributed by atoms with E-state index in [0.29, 0.717) is 15.8 Å². The molecular formula is C19H19N3O2S. The first-order valence-corrected chi connectivity index (χ1v) is 9.30. The van der Waals surface area contributed by atoms with Crippen molar-refractivity contribution in [1.29, 1.82) is 0 Å². The van der Waals surface area contributed by atoms with Gasteiger partial charge >= 0.3 is 0 Å². The Bertz CT molecular complexity index is 999. The van der Waals surface area contributed by atoms with Gasteiger partial charge in [0.2, 0.25) is 0 Å². The summed E-state index contributed by atoms with van der Waals surface area (Å²) in [7, 11) is 0. The van der Waals surface area contributed by atoms with Gasteiger partial charge in [-0.3, -0.25) is 9.59 Å². The molecule has 0 aliphatic carbocycles. The lowest BCUT2D eigenvalue weighted by atomic mass is 10.1. The molecule has 0 atom stereocenters. The third-order valence-corrected chi connectivity index (χ3v) is 5.73. The van der Waals surface area contributed by atoms with Crippen LogP contribution in [0.3, 0.4) is 0 Å². The van der Waals surface area contributed by atoms with Crippen molar-refractivity contribution in [3.8, 4) is 5.69 Å². The van der Waals surface area contributed by atoms with E-state index in [0.717, 1.165) is 37.2 Å². The van der Waals surface area contributed by atoms with E-state index in [4.69, 9.17) is 0 Å². The fourth-order valence-corrected chi connectivity index (χ4v) is 4.27. The molecule has 1 saturated heterocycles. The lowest BCUT2D eigenvalue weighted by Gasteiger charge is -2.27. The van der Waals surface area contributed by atoms with Crippen LogP contribution in [-0.4, -0.2) is 32.8 Å². The zero-order chi connectivity index (χ0) is 17.4. The average molecular weight is 353 g/mol. The van der Waals surface area contributed by atoms with Crippen molar-refractivity contribution in [2.24, 2.45) is 0 Å². The van der Waals surface area contributed by atoms with Crippen LogP contribution in [0.1, 0.15) is 35.2 Å². The van der Waals surface area contributed by atoms with E-state index in [1.54, 1.807) is 22.3 Å². The van der Waals surface area contributed by atoms with Crippen molar-refractivity contribution < 1.29 is 4.79 Å².